The molecule has 15 heteroatoms. The summed E-state index contributed by atoms with van der Waals surface area (Å²) in [5.74, 6) is -5.25. The van der Waals surface area contributed by atoms with Gasteiger partial charge in [-0.15, -0.1) is 0 Å². The highest BCUT2D eigenvalue weighted by Gasteiger charge is 2.52. The van der Waals surface area contributed by atoms with Crippen LogP contribution in [0.1, 0.15) is 106 Å². The van der Waals surface area contributed by atoms with Crippen LogP contribution in [0, 0.1) is 11.8 Å². The fraction of sp³-hybridized carbons (Fsp3) is 0.415. The topological polar surface area (TPSA) is 217 Å². The number of halogens is 1. The number of likely N-dealkylation sites (tertiary alicyclic amines) is 1. The van der Waals surface area contributed by atoms with Crippen LogP contribution in [0.3, 0.4) is 0 Å². The van der Waals surface area contributed by atoms with Crippen molar-refractivity contribution >= 4 is 52.6 Å². The summed E-state index contributed by atoms with van der Waals surface area (Å²) in [6.07, 6.45) is 3.78. The molecule has 0 radical (unpaired) electrons. The largest absolute Gasteiger partial charge is 0.507 e. The van der Waals surface area contributed by atoms with Crippen LogP contribution >= 0.6 is 11.6 Å². The van der Waals surface area contributed by atoms with Gasteiger partial charge in [0.15, 0.2) is 17.3 Å². The third kappa shape index (κ3) is 10.7. The lowest BCUT2D eigenvalue weighted by molar-refractivity contribution is -0.144. The Morgan fingerprint density at radius 2 is 1.53 bits per heavy atom. The van der Waals surface area contributed by atoms with E-state index < -0.39 is 59.0 Å². The molecule has 4 amide bonds. The summed E-state index contributed by atoms with van der Waals surface area (Å²) >= 11 is 6.07. The van der Waals surface area contributed by atoms with Crippen molar-refractivity contribution in [2.75, 3.05) is 20.1 Å². The molecule has 1 spiro atoms. The number of likely N-dealkylation sites (N-methyl/N-ethyl adjacent to an activating group) is 1. The maximum Gasteiger partial charge on any atom is 0.245 e. The number of hydrogen-bond donors (Lipinski definition) is 5. The summed E-state index contributed by atoms with van der Waals surface area (Å²) in [6.45, 7) is 3.86. The number of rotatable bonds is 13. The van der Waals surface area contributed by atoms with Gasteiger partial charge in [-0.25, -0.2) is 0 Å². The molecule has 68 heavy (non-hydrogen) atoms. The Balaban J connectivity index is 1.16. The lowest BCUT2D eigenvalue weighted by atomic mass is 9.88. The average Bonchev–Trinajstić information content (AvgIpc) is 3.93. The van der Waals surface area contributed by atoms with Gasteiger partial charge in [0.1, 0.15) is 35.2 Å². The first-order chi connectivity index (χ1) is 32.5. The Morgan fingerprint density at radius 1 is 0.882 bits per heavy atom. The van der Waals surface area contributed by atoms with Crippen LogP contribution in [0.4, 0.5) is 0 Å². The normalized spacial score (nSPS) is 21.5. The minimum absolute atomic E-state index is 0.0341. The van der Waals surface area contributed by atoms with E-state index in [1.165, 1.54) is 43.1 Å². The summed E-state index contributed by atoms with van der Waals surface area (Å²) in [7, 11) is 1.47. The number of amides is 4. The molecule has 7 rings (SSSR count). The molecule has 1 unspecified atom stereocenters. The van der Waals surface area contributed by atoms with Crippen LogP contribution in [0.2, 0.25) is 5.02 Å². The summed E-state index contributed by atoms with van der Waals surface area (Å²) in [6, 6.07) is 19.8. The lowest BCUT2D eigenvalue weighted by Gasteiger charge is -2.35. The van der Waals surface area contributed by atoms with Crippen LogP contribution in [-0.2, 0) is 35.2 Å². The molecule has 4 aromatic carbocycles. The molecule has 2 fully saturated rings. The number of benzene rings is 4. The number of unbranched alkanes of at least 4 members (excludes halogenated alkanes) is 1. The van der Waals surface area contributed by atoms with Crippen molar-refractivity contribution in [3.05, 3.63) is 107 Å². The second-order valence-corrected chi connectivity index (χ2v) is 19.1. The van der Waals surface area contributed by atoms with E-state index in [2.05, 4.69) is 10.6 Å². The van der Waals surface area contributed by atoms with E-state index in [0.29, 0.717) is 86.2 Å². The molecule has 3 aliphatic rings. The summed E-state index contributed by atoms with van der Waals surface area (Å²) in [5, 5.41) is 28.6. The monoisotopic (exact) mass is 945 g/mol. The van der Waals surface area contributed by atoms with Crippen molar-refractivity contribution < 1.29 is 43.8 Å². The molecule has 4 bridgehead atoms. The number of carbonyl (C=O) groups excluding carboxylic acids is 7. The third-order valence-corrected chi connectivity index (χ3v) is 14.2. The number of carbonyl (C=O) groups is 7. The number of nitrogens with two attached hydrogens (primary N) is 1. The van der Waals surface area contributed by atoms with Crippen molar-refractivity contribution in [1.82, 2.24) is 20.4 Å². The Kier molecular flexibility index (Phi) is 15.5. The van der Waals surface area contributed by atoms with Crippen molar-refractivity contribution in [3.8, 4) is 33.8 Å². The van der Waals surface area contributed by atoms with Gasteiger partial charge in [0, 0.05) is 72.8 Å². The zero-order valence-electron chi connectivity index (χ0n) is 38.8. The Labute approximate surface area is 401 Å². The van der Waals surface area contributed by atoms with Crippen molar-refractivity contribution in [1.29, 1.82) is 0 Å². The number of phenolic OH excluding ortho intramolecular Hbond substituents is 2. The van der Waals surface area contributed by atoms with E-state index in [0.717, 1.165) is 11.1 Å². The molecule has 1 aliphatic carbocycles. The van der Waals surface area contributed by atoms with Crippen LogP contribution in [-0.4, -0.2) is 98.8 Å². The second kappa shape index (κ2) is 21.3. The predicted octanol–water partition coefficient (Wildman–Crippen LogP) is 6.86. The fourth-order valence-electron chi connectivity index (χ4n) is 10.1. The minimum atomic E-state index is -1.30. The van der Waals surface area contributed by atoms with Gasteiger partial charge >= 0.3 is 0 Å². The van der Waals surface area contributed by atoms with Gasteiger partial charge in [0.2, 0.25) is 23.6 Å². The standard InChI is InChI=1S/C53H60ClN5O9/c1-31-26-46(63)48(58(3)52(68)38(8-4-5-24-55)30-45(62)36-13-11-34(12-14-36)35-15-18-39(54)19-16-35)37-17-21-44(61)41(29-37)40-27-33(10-20-43(40)60)28-42(57-49(31)65)50(66)56-32(2)51(67)59-25-7-23-53(59)22-6-9-47(53)64/h10-21,27,29,31-32,38,42,48,60-61H,4-9,22-26,28,30,55H2,1-3H3,(H,56,66)(H,57,65)/t31-,32+,38-,42+,48+,53?/m1/s1. The van der Waals surface area contributed by atoms with E-state index in [9.17, 15) is 43.8 Å². The number of hydrogen-bond acceptors (Lipinski definition) is 10. The molecule has 2 heterocycles. The van der Waals surface area contributed by atoms with E-state index in [-0.39, 0.29) is 59.4 Å². The van der Waals surface area contributed by atoms with Crippen molar-refractivity contribution in [2.24, 2.45) is 17.6 Å². The first kappa shape index (κ1) is 49.5. The molecule has 2 aliphatic heterocycles. The van der Waals surface area contributed by atoms with E-state index in [4.69, 9.17) is 17.3 Å². The molecule has 14 nitrogen and oxygen atoms in total. The Morgan fingerprint density at radius 3 is 2.19 bits per heavy atom. The number of ketones is 3. The fourth-order valence-corrected chi connectivity index (χ4v) is 10.3. The van der Waals surface area contributed by atoms with Crippen molar-refractivity contribution in [3.63, 3.8) is 0 Å². The second-order valence-electron chi connectivity index (χ2n) is 18.6. The van der Waals surface area contributed by atoms with Gasteiger partial charge in [0.05, 0.1) is 0 Å². The molecule has 0 aromatic heterocycles. The summed E-state index contributed by atoms with van der Waals surface area (Å²) in [4.78, 5) is 101. The average molecular weight is 947 g/mol. The van der Waals surface area contributed by atoms with Gasteiger partial charge in [-0.3, -0.25) is 33.6 Å². The third-order valence-electron chi connectivity index (χ3n) is 13.9. The van der Waals surface area contributed by atoms with Crippen LogP contribution in [0.15, 0.2) is 84.9 Å². The quantitative estimate of drug-likeness (QED) is 0.0693. The van der Waals surface area contributed by atoms with E-state index in [1.807, 2.05) is 24.3 Å². The molecular weight excluding hydrogens is 886 g/mol. The summed E-state index contributed by atoms with van der Waals surface area (Å²) in [5.41, 5.74) is 8.29. The van der Waals surface area contributed by atoms with Gasteiger partial charge < -0.3 is 36.4 Å². The minimum Gasteiger partial charge on any atom is -0.507 e. The highest BCUT2D eigenvalue weighted by atomic mass is 35.5. The maximum absolute atomic E-state index is 14.7. The summed E-state index contributed by atoms with van der Waals surface area (Å²) < 4.78 is 0. The van der Waals surface area contributed by atoms with Gasteiger partial charge in [-0.2, -0.15) is 0 Å². The van der Waals surface area contributed by atoms with E-state index >= 15 is 0 Å². The molecule has 6 atom stereocenters. The van der Waals surface area contributed by atoms with E-state index in [1.54, 1.807) is 48.2 Å². The number of fused-ring (bicyclic) bond motifs is 5. The highest BCUT2D eigenvalue weighted by Crippen LogP contribution is 2.42. The first-order valence-corrected chi connectivity index (χ1v) is 23.9. The molecule has 1 saturated carbocycles. The molecule has 6 N–H and O–H groups in total. The zero-order chi connectivity index (χ0) is 48.9. The van der Waals surface area contributed by atoms with Crippen LogP contribution in [0.5, 0.6) is 11.5 Å². The predicted molar refractivity (Wildman–Crippen MR) is 258 cm³/mol. The maximum atomic E-state index is 14.7. The number of nitrogens with zero attached hydrogens (tertiary/aromatic N) is 2. The number of phenols is 2. The highest BCUT2D eigenvalue weighted by molar-refractivity contribution is 6.30. The Hall–Kier alpha value is -6.38. The lowest BCUT2D eigenvalue weighted by Crippen LogP contribution is -2.58. The van der Waals surface area contributed by atoms with Gasteiger partial charge in [-0.1, -0.05) is 73.5 Å². The number of Topliss-reactive ketones (excluding diaryl/α,β-unsaturated/α-hetero) is 3. The molecule has 4 aromatic rings. The zero-order valence-corrected chi connectivity index (χ0v) is 39.5. The first-order valence-electron chi connectivity index (χ1n) is 23.5. The van der Waals surface area contributed by atoms with Crippen LogP contribution in [0.25, 0.3) is 22.3 Å². The molecule has 1 saturated heterocycles. The molecule has 358 valence electrons. The van der Waals surface area contributed by atoms with Gasteiger partial charge in [-0.05, 0) is 111 Å². The Bertz CT molecular complexity index is 2580. The molecular formula is C53H60ClN5O9. The number of aromatic hydroxyl groups is 2. The van der Waals surface area contributed by atoms with Crippen molar-refractivity contribution in [2.45, 2.75) is 108 Å². The SMILES string of the molecule is C[C@@H]1CC(=O)[C@@H](N(C)C(=O)[C@H](CCCCN)CC(=O)c2ccc(-c3ccc(Cl)cc3)cc2)c2ccc(O)c(c2)-c2cc(ccc2O)C[C@@H](C(=O)N[C@@H](C)C(=O)N2CCCC23CCCC3=O)NC1=O. The smallest absolute Gasteiger partial charge is 0.245 e. The number of nitrogens with one attached hydrogen (secondary N) is 2. The van der Waals surface area contributed by atoms with Gasteiger partial charge in [0.25, 0.3) is 0 Å². The van der Waals surface area contributed by atoms with Crippen LogP contribution < -0.4 is 16.4 Å².